The lowest BCUT2D eigenvalue weighted by Crippen LogP contribution is -2.38. The second kappa shape index (κ2) is 11.0. The molecule has 0 unspecified atom stereocenters. The molecule has 2 aliphatic heterocycles. The van der Waals surface area contributed by atoms with Crippen molar-refractivity contribution in [1.82, 2.24) is 9.88 Å². The maximum atomic E-state index is 13.5. The molecule has 2 aromatic carbocycles. The SMILES string of the molecule is COC[C@@H]1CCCN1C(=O)c1c(C)[nH]c(/C=C2\C(=O)Nc3ccc(S(=O)(=O)Cc4c(Cl)cccc4Cl)cc32)c1C. The number of rotatable bonds is 7. The number of ether oxygens (including phenoxy) is 1. The van der Waals surface area contributed by atoms with Gasteiger partial charge in [-0.05, 0) is 68.7 Å². The van der Waals surface area contributed by atoms with E-state index in [4.69, 9.17) is 27.9 Å². The number of nitrogens with one attached hydrogen (secondary N) is 2. The zero-order chi connectivity index (χ0) is 28.8. The highest BCUT2D eigenvalue weighted by atomic mass is 35.5. The number of fused-ring (bicyclic) bond motifs is 1. The van der Waals surface area contributed by atoms with E-state index in [2.05, 4.69) is 10.3 Å². The Hall–Kier alpha value is -3.11. The van der Waals surface area contributed by atoms with E-state index < -0.39 is 9.84 Å². The predicted molar refractivity (Wildman–Crippen MR) is 156 cm³/mol. The molecule has 0 bridgehead atoms. The van der Waals surface area contributed by atoms with Crippen molar-refractivity contribution in [2.24, 2.45) is 0 Å². The van der Waals surface area contributed by atoms with Gasteiger partial charge in [-0.1, -0.05) is 29.3 Å². The van der Waals surface area contributed by atoms with E-state index in [-0.39, 0.29) is 38.5 Å². The summed E-state index contributed by atoms with van der Waals surface area (Å²) >= 11 is 12.4. The van der Waals surface area contributed by atoms with E-state index in [1.807, 2.05) is 18.7 Å². The van der Waals surface area contributed by atoms with E-state index in [1.165, 1.54) is 12.1 Å². The standard InChI is InChI=1S/C29H29Cl2N3O5S/c1-16-26(32-17(2)27(16)29(36)34-11-5-6-18(34)14-39-3)13-21-20-12-19(9-10-25(20)33-28(21)35)40(37,38)15-22-23(30)7-4-8-24(22)31/h4,7-10,12-13,18,32H,5-6,11,14-15H2,1-3H3,(H,33,35)/b21-13-/t18-/m0/s1. The van der Waals surface area contributed by atoms with Gasteiger partial charge in [0.1, 0.15) is 0 Å². The van der Waals surface area contributed by atoms with Crippen LogP contribution in [0.15, 0.2) is 41.3 Å². The minimum Gasteiger partial charge on any atom is -0.383 e. The maximum absolute atomic E-state index is 13.5. The van der Waals surface area contributed by atoms with Gasteiger partial charge >= 0.3 is 0 Å². The van der Waals surface area contributed by atoms with Crippen molar-refractivity contribution in [3.05, 3.63) is 80.1 Å². The molecule has 11 heteroatoms. The van der Waals surface area contributed by atoms with E-state index in [1.54, 1.807) is 37.5 Å². The fourth-order valence-corrected chi connectivity index (χ4v) is 7.56. The van der Waals surface area contributed by atoms with Crippen LogP contribution in [0.3, 0.4) is 0 Å². The van der Waals surface area contributed by atoms with Gasteiger partial charge in [0.2, 0.25) is 0 Å². The monoisotopic (exact) mass is 601 g/mol. The molecule has 8 nitrogen and oxygen atoms in total. The number of benzene rings is 2. The number of methoxy groups -OCH3 is 1. The highest BCUT2D eigenvalue weighted by Crippen LogP contribution is 2.37. The first-order chi connectivity index (χ1) is 19.0. The number of nitrogens with zero attached hydrogens (tertiary/aromatic N) is 1. The third kappa shape index (κ3) is 5.19. The minimum absolute atomic E-state index is 0.0292. The summed E-state index contributed by atoms with van der Waals surface area (Å²) in [4.78, 5) is 31.6. The number of sulfone groups is 1. The van der Waals surface area contributed by atoms with Gasteiger partial charge in [-0.25, -0.2) is 8.42 Å². The Kier molecular flexibility index (Phi) is 7.85. The van der Waals surface area contributed by atoms with Crippen LogP contribution in [0.1, 0.15) is 51.3 Å². The largest absolute Gasteiger partial charge is 0.383 e. The van der Waals surface area contributed by atoms with Crippen LogP contribution in [-0.2, 0) is 25.1 Å². The van der Waals surface area contributed by atoms with E-state index in [0.29, 0.717) is 52.5 Å². The summed E-state index contributed by atoms with van der Waals surface area (Å²) in [6.45, 7) is 4.82. The highest BCUT2D eigenvalue weighted by molar-refractivity contribution is 7.90. The molecule has 1 fully saturated rings. The fraction of sp³-hybridized carbons (Fsp3) is 0.310. The Bertz CT molecular complexity index is 1640. The summed E-state index contributed by atoms with van der Waals surface area (Å²) in [7, 11) is -2.21. The van der Waals surface area contributed by atoms with Gasteiger partial charge in [-0.2, -0.15) is 0 Å². The summed E-state index contributed by atoms with van der Waals surface area (Å²) < 4.78 is 32.0. The van der Waals surface area contributed by atoms with Gasteiger partial charge in [0.05, 0.1) is 34.4 Å². The number of hydrogen-bond acceptors (Lipinski definition) is 5. The molecule has 0 saturated carbocycles. The van der Waals surface area contributed by atoms with Crippen LogP contribution in [0.4, 0.5) is 5.69 Å². The van der Waals surface area contributed by atoms with Gasteiger partial charge in [0.15, 0.2) is 9.84 Å². The lowest BCUT2D eigenvalue weighted by atomic mass is 10.0. The topological polar surface area (TPSA) is 109 Å². The molecule has 2 N–H and O–H groups in total. The number of halogens is 2. The number of anilines is 1. The van der Waals surface area contributed by atoms with Gasteiger partial charge < -0.3 is 19.9 Å². The molecule has 2 amide bonds. The minimum atomic E-state index is -3.84. The Morgan fingerprint density at radius 3 is 2.60 bits per heavy atom. The van der Waals surface area contributed by atoms with Crippen molar-refractivity contribution >= 4 is 62.2 Å². The van der Waals surface area contributed by atoms with Gasteiger partial charge in [0.25, 0.3) is 11.8 Å². The van der Waals surface area contributed by atoms with Crippen LogP contribution < -0.4 is 5.32 Å². The number of aromatic nitrogens is 1. The molecule has 0 spiro atoms. The number of likely N-dealkylation sites (tertiary alicyclic amines) is 1. The molecule has 210 valence electrons. The van der Waals surface area contributed by atoms with Crippen molar-refractivity contribution in [3.63, 3.8) is 0 Å². The number of hydrogen-bond donors (Lipinski definition) is 2. The van der Waals surface area contributed by atoms with E-state index in [9.17, 15) is 18.0 Å². The van der Waals surface area contributed by atoms with Crippen molar-refractivity contribution in [3.8, 4) is 0 Å². The molecule has 40 heavy (non-hydrogen) atoms. The Labute approximate surface area is 243 Å². The number of H-pyrrole nitrogens is 1. The Balaban J connectivity index is 1.49. The molecular formula is C29H29Cl2N3O5S. The Morgan fingerprint density at radius 2 is 1.90 bits per heavy atom. The lowest BCUT2D eigenvalue weighted by molar-refractivity contribution is -0.110. The van der Waals surface area contributed by atoms with Crippen LogP contribution in [0.2, 0.25) is 10.0 Å². The van der Waals surface area contributed by atoms with Crippen molar-refractivity contribution in [1.29, 1.82) is 0 Å². The van der Waals surface area contributed by atoms with Gasteiger partial charge in [-0.3, -0.25) is 9.59 Å². The number of aryl methyl sites for hydroxylation is 1. The molecule has 5 rings (SSSR count). The second-order valence-corrected chi connectivity index (χ2v) is 12.9. The number of carbonyl (C=O) groups excluding carboxylic acids is 2. The summed E-state index contributed by atoms with van der Waals surface area (Å²) in [6.07, 6.45) is 3.48. The highest BCUT2D eigenvalue weighted by Gasteiger charge is 2.33. The molecular weight excluding hydrogens is 573 g/mol. The van der Waals surface area contributed by atoms with Crippen LogP contribution in [-0.4, -0.2) is 56.4 Å². The molecule has 0 aliphatic carbocycles. The summed E-state index contributed by atoms with van der Waals surface area (Å²) in [5.74, 6) is -0.817. The van der Waals surface area contributed by atoms with Crippen molar-refractivity contribution in [2.45, 2.75) is 43.4 Å². The van der Waals surface area contributed by atoms with Crippen LogP contribution >= 0.6 is 23.2 Å². The van der Waals surface area contributed by atoms with Crippen LogP contribution in [0.25, 0.3) is 11.6 Å². The average Bonchev–Trinajstić information content (AvgIpc) is 3.57. The fourth-order valence-electron chi connectivity index (χ4n) is 5.44. The third-order valence-corrected chi connectivity index (χ3v) is 9.85. The zero-order valence-corrected chi connectivity index (χ0v) is 24.6. The summed E-state index contributed by atoms with van der Waals surface area (Å²) in [5.41, 5.74) is 4.17. The normalized spacial score (nSPS) is 17.9. The van der Waals surface area contributed by atoms with Gasteiger partial charge in [-0.15, -0.1) is 0 Å². The van der Waals surface area contributed by atoms with Crippen molar-refractivity contribution in [2.75, 3.05) is 25.6 Å². The lowest BCUT2D eigenvalue weighted by Gasteiger charge is -2.24. The zero-order valence-electron chi connectivity index (χ0n) is 22.3. The van der Waals surface area contributed by atoms with Gasteiger partial charge in [0, 0.05) is 51.9 Å². The maximum Gasteiger partial charge on any atom is 0.256 e. The molecule has 1 atom stereocenters. The second-order valence-electron chi connectivity index (χ2n) is 10.1. The average molecular weight is 603 g/mol. The first-order valence-electron chi connectivity index (χ1n) is 12.8. The number of aromatic amines is 1. The molecule has 3 heterocycles. The smallest absolute Gasteiger partial charge is 0.256 e. The predicted octanol–water partition coefficient (Wildman–Crippen LogP) is 5.66. The van der Waals surface area contributed by atoms with Crippen molar-refractivity contribution < 1.29 is 22.7 Å². The molecule has 1 aromatic heterocycles. The number of carbonyl (C=O) groups is 2. The molecule has 2 aliphatic rings. The summed E-state index contributed by atoms with van der Waals surface area (Å²) in [5, 5.41) is 3.32. The van der Waals surface area contributed by atoms with E-state index >= 15 is 0 Å². The molecule has 3 aromatic rings. The van der Waals surface area contributed by atoms with Crippen LogP contribution in [0.5, 0.6) is 0 Å². The number of amides is 2. The molecule has 0 radical (unpaired) electrons. The Morgan fingerprint density at radius 1 is 1.18 bits per heavy atom. The molecule has 1 saturated heterocycles. The third-order valence-electron chi connectivity index (χ3n) is 7.50. The van der Waals surface area contributed by atoms with E-state index in [0.717, 1.165) is 18.4 Å². The first kappa shape index (κ1) is 28.4. The quantitative estimate of drug-likeness (QED) is 0.340. The first-order valence-corrected chi connectivity index (χ1v) is 15.2. The summed E-state index contributed by atoms with van der Waals surface area (Å²) in [6, 6.07) is 9.36. The van der Waals surface area contributed by atoms with Crippen LogP contribution in [0, 0.1) is 13.8 Å².